The second-order valence-electron chi connectivity index (χ2n) is 3.21. The van der Waals surface area contributed by atoms with Crippen molar-refractivity contribution in [3.8, 4) is 0 Å². The smallest absolute Gasteiger partial charge is 0.240 e. The van der Waals surface area contributed by atoms with Crippen molar-refractivity contribution >= 4 is 10.0 Å². The topological polar surface area (TPSA) is 58.2 Å². The highest BCUT2D eigenvalue weighted by molar-refractivity contribution is 7.89. The molecular weight excluding hydrogens is 231 g/mol. The number of benzene rings is 1. The van der Waals surface area contributed by atoms with E-state index in [-0.39, 0.29) is 11.4 Å². The number of hydrogen-bond donors (Lipinski definition) is 2. The summed E-state index contributed by atoms with van der Waals surface area (Å²) in [7, 11) is -3.59. The highest BCUT2D eigenvalue weighted by Crippen LogP contribution is 2.09. The van der Waals surface area contributed by atoms with Gasteiger partial charge < -0.3 is 5.32 Å². The minimum Gasteiger partial charge on any atom is -0.316 e. The standard InChI is InChI=1S/C10H15FN2O2S/c1-2-12-6-7-13-16(14,15)10-5-3-4-9(11)8-10/h3-5,8,12-13H,2,6-7H2,1H3. The summed E-state index contributed by atoms with van der Waals surface area (Å²) in [5.74, 6) is -0.561. The molecule has 0 aromatic heterocycles. The van der Waals surface area contributed by atoms with Gasteiger partial charge in [-0.25, -0.2) is 17.5 Å². The van der Waals surface area contributed by atoms with E-state index < -0.39 is 15.8 Å². The van der Waals surface area contributed by atoms with Crippen LogP contribution in [0.1, 0.15) is 6.92 Å². The third-order valence-corrected chi connectivity index (χ3v) is 3.41. The van der Waals surface area contributed by atoms with Crippen LogP contribution in [0.25, 0.3) is 0 Å². The number of likely N-dealkylation sites (N-methyl/N-ethyl adjacent to an activating group) is 1. The van der Waals surface area contributed by atoms with Gasteiger partial charge in [0, 0.05) is 13.1 Å². The van der Waals surface area contributed by atoms with Gasteiger partial charge in [-0.1, -0.05) is 13.0 Å². The lowest BCUT2D eigenvalue weighted by molar-refractivity contribution is 0.574. The average molecular weight is 246 g/mol. The zero-order chi connectivity index (χ0) is 12.0. The van der Waals surface area contributed by atoms with Crippen LogP contribution < -0.4 is 10.0 Å². The molecule has 0 fully saturated rings. The molecule has 0 aliphatic rings. The second kappa shape index (κ2) is 5.93. The molecule has 0 saturated heterocycles. The fourth-order valence-corrected chi connectivity index (χ4v) is 2.23. The van der Waals surface area contributed by atoms with Crippen LogP contribution in [0.5, 0.6) is 0 Å². The minimum atomic E-state index is -3.59. The maximum absolute atomic E-state index is 12.8. The molecule has 6 heteroatoms. The largest absolute Gasteiger partial charge is 0.316 e. The minimum absolute atomic E-state index is 0.0519. The predicted molar refractivity (Wildman–Crippen MR) is 60.1 cm³/mol. The summed E-state index contributed by atoms with van der Waals surface area (Å²) in [5, 5.41) is 2.98. The van der Waals surface area contributed by atoms with Crippen molar-refractivity contribution in [3.63, 3.8) is 0 Å². The molecule has 0 saturated carbocycles. The highest BCUT2D eigenvalue weighted by Gasteiger charge is 2.13. The molecule has 1 aromatic rings. The van der Waals surface area contributed by atoms with Gasteiger partial charge in [-0.15, -0.1) is 0 Å². The zero-order valence-corrected chi connectivity index (χ0v) is 9.85. The van der Waals surface area contributed by atoms with Gasteiger partial charge in [0.1, 0.15) is 5.82 Å². The molecule has 0 atom stereocenters. The third kappa shape index (κ3) is 3.88. The van der Waals surface area contributed by atoms with E-state index in [0.717, 1.165) is 12.6 Å². The Balaban J connectivity index is 2.64. The maximum atomic E-state index is 12.8. The number of nitrogens with one attached hydrogen (secondary N) is 2. The summed E-state index contributed by atoms with van der Waals surface area (Å²) in [6, 6.07) is 4.93. The van der Waals surface area contributed by atoms with E-state index in [9.17, 15) is 12.8 Å². The van der Waals surface area contributed by atoms with E-state index >= 15 is 0 Å². The molecule has 0 unspecified atom stereocenters. The molecule has 16 heavy (non-hydrogen) atoms. The third-order valence-electron chi connectivity index (χ3n) is 1.95. The molecule has 0 amide bonds. The fraction of sp³-hybridized carbons (Fsp3) is 0.400. The molecule has 2 N–H and O–H groups in total. The molecule has 0 bridgehead atoms. The lowest BCUT2D eigenvalue weighted by atomic mass is 10.4. The summed E-state index contributed by atoms with van der Waals surface area (Å²) in [5.41, 5.74) is 0. The molecule has 0 aliphatic heterocycles. The Morgan fingerprint density at radius 1 is 1.31 bits per heavy atom. The summed E-state index contributed by atoms with van der Waals surface area (Å²) < 4.78 is 38.5. The van der Waals surface area contributed by atoms with Crippen molar-refractivity contribution in [2.24, 2.45) is 0 Å². The van der Waals surface area contributed by atoms with Crippen molar-refractivity contribution in [1.82, 2.24) is 10.0 Å². The van der Waals surface area contributed by atoms with Crippen LogP contribution in [-0.2, 0) is 10.0 Å². The van der Waals surface area contributed by atoms with E-state index in [2.05, 4.69) is 10.0 Å². The molecule has 90 valence electrons. The molecular formula is C10H15FN2O2S. The Kier molecular flexibility index (Phi) is 4.85. The summed E-state index contributed by atoms with van der Waals surface area (Å²) >= 11 is 0. The lowest BCUT2D eigenvalue weighted by Crippen LogP contribution is -2.31. The van der Waals surface area contributed by atoms with E-state index in [1.807, 2.05) is 6.92 Å². The van der Waals surface area contributed by atoms with Crippen molar-refractivity contribution in [1.29, 1.82) is 0 Å². The van der Waals surface area contributed by atoms with Crippen LogP contribution in [0.15, 0.2) is 29.2 Å². The number of hydrogen-bond acceptors (Lipinski definition) is 3. The first-order valence-corrected chi connectivity index (χ1v) is 6.50. The number of sulfonamides is 1. The first-order valence-electron chi connectivity index (χ1n) is 5.02. The molecule has 1 rings (SSSR count). The van der Waals surface area contributed by atoms with E-state index in [1.54, 1.807) is 0 Å². The van der Waals surface area contributed by atoms with Crippen molar-refractivity contribution in [2.45, 2.75) is 11.8 Å². The van der Waals surface area contributed by atoms with Crippen molar-refractivity contribution in [3.05, 3.63) is 30.1 Å². The predicted octanol–water partition coefficient (Wildman–Crippen LogP) is 0.714. The monoisotopic (exact) mass is 246 g/mol. The quantitative estimate of drug-likeness (QED) is 0.727. The van der Waals surface area contributed by atoms with Gasteiger partial charge in [0.05, 0.1) is 4.90 Å². The summed E-state index contributed by atoms with van der Waals surface area (Å²) in [4.78, 5) is -0.0519. The van der Waals surface area contributed by atoms with Crippen LogP contribution in [0.2, 0.25) is 0 Å². The molecule has 1 aromatic carbocycles. The van der Waals surface area contributed by atoms with E-state index in [4.69, 9.17) is 0 Å². The summed E-state index contributed by atoms with van der Waals surface area (Å²) in [6.07, 6.45) is 0. The van der Waals surface area contributed by atoms with Gasteiger partial charge in [0.2, 0.25) is 10.0 Å². The van der Waals surface area contributed by atoms with Crippen LogP contribution in [0, 0.1) is 5.82 Å². The van der Waals surface area contributed by atoms with Crippen LogP contribution in [0.3, 0.4) is 0 Å². The molecule has 0 aliphatic carbocycles. The van der Waals surface area contributed by atoms with Crippen molar-refractivity contribution in [2.75, 3.05) is 19.6 Å². The molecule has 0 radical (unpaired) electrons. The number of halogens is 1. The Hall–Kier alpha value is -0.980. The average Bonchev–Trinajstić information content (AvgIpc) is 2.24. The van der Waals surface area contributed by atoms with Gasteiger partial charge in [0.25, 0.3) is 0 Å². The summed E-state index contributed by atoms with van der Waals surface area (Å²) in [6.45, 7) is 3.54. The Labute approximate surface area is 94.9 Å². The zero-order valence-electron chi connectivity index (χ0n) is 9.03. The number of rotatable bonds is 6. The van der Waals surface area contributed by atoms with Gasteiger partial charge >= 0.3 is 0 Å². The first-order chi connectivity index (χ1) is 7.56. The normalized spacial score (nSPS) is 11.6. The Morgan fingerprint density at radius 3 is 2.69 bits per heavy atom. The van der Waals surface area contributed by atoms with Crippen molar-refractivity contribution < 1.29 is 12.8 Å². The van der Waals surface area contributed by atoms with Gasteiger partial charge in [-0.2, -0.15) is 0 Å². The highest BCUT2D eigenvalue weighted by atomic mass is 32.2. The van der Waals surface area contributed by atoms with Crippen LogP contribution >= 0.6 is 0 Å². The fourth-order valence-electron chi connectivity index (χ4n) is 1.17. The first kappa shape index (κ1) is 13.1. The SMILES string of the molecule is CCNCCNS(=O)(=O)c1cccc(F)c1. The van der Waals surface area contributed by atoms with Crippen LogP contribution in [-0.4, -0.2) is 28.1 Å². The molecule has 4 nitrogen and oxygen atoms in total. The lowest BCUT2D eigenvalue weighted by Gasteiger charge is -2.06. The maximum Gasteiger partial charge on any atom is 0.240 e. The Bertz CT molecular complexity index is 434. The van der Waals surface area contributed by atoms with Gasteiger partial charge in [-0.3, -0.25) is 0 Å². The Morgan fingerprint density at radius 2 is 2.06 bits per heavy atom. The molecule has 0 heterocycles. The van der Waals surface area contributed by atoms with Gasteiger partial charge in [-0.05, 0) is 24.7 Å². The van der Waals surface area contributed by atoms with E-state index in [1.165, 1.54) is 18.2 Å². The second-order valence-corrected chi connectivity index (χ2v) is 4.98. The molecule has 0 spiro atoms. The van der Waals surface area contributed by atoms with E-state index in [0.29, 0.717) is 6.54 Å². The van der Waals surface area contributed by atoms with Gasteiger partial charge in [0.15, 0.2) is 0 Å². The van der Waals surface area contributed by atoms with Crippen LogP contribution in [0.4, 0.5) is 4.39 Å².